The van der Waals surface area contributed by atoms with Crippen molar-refractivity contribution in [2.75, 3.05) is 26.1 Å². The average Bonchev–Trinajstić information content (AvgIpc) is 3.28. The van der Waals surface area contributed by atoms with Crippen molar-refractivity contribution in [3.05, 3.63) is 76.0 Å². The average molecular weight is 426 g/mol. The predicted octanol–water partition coefficient (Wildman–Crippen LogP) is 4.18. The zero-order chi connectivity index (χ0) is 21.5. The molecule has 0 aliphatic carbocycles. The number of hydrogen-bond acceptors (Lipinski definition) is 4. The Morgan fingerprint density at radius 2 is 1.70 bits per heavy atom. The van der Waals surface area contributed by atoms with Gasteiger partial charge < -0.3 is 20.1 Å². The Bertz CT molecular complexity index is 953. The third kappa shape index (κ3) is 5.40. The number of carbonyl (C=O) groups is 1. The van der Waals surface area contributed by atoms with Crippen molar-refractivity contribution in [2.24, 2.45) is 0 Å². The molecule has 3 rings (SSSR count). The van der Waals surface area contributed by atoms with Crippen molar-refractivity contribution in [2.45, 2.75) is 25.8 Å². The van der Waals surface area contributed by atoms with Crippen LogP contribution in [0.4, 0.5) is 5.69 Å². The fraction of sp³-hybridized carbons (Fsp3) is 0.292. The molecule has 0 radical (unpaired) electrons. The van der Waals surface area contributed by atoms with Crippen LogP contribution in [-0.2, 0) is 4.79 Å². The quantitative estimate of drug-likeness (QED) is 0.541. The van der Waals surface area contributed by atoms with Crippen LogP contribution in [0.5, 0.6) is 11.5 Å². The van der Waals surface area contributed by atoms with E-state index in [-0.39, 0.29) is 11.9 Å². The predicted molar refractivity (Wildman–Crippen MR) is 122 cm³/mol. The van der Waals surface area contributed by atoms with E-state index in [9.17, 15) is 4.79 Å². The highest BCUT2D eigenvalue weighted by molar-refractivity contribution is 7.10. The first-order valence-electron chi connectivity index (χ1n) is 10.00. The molecule has 0 aliphatic rings. The molecule has 2 aromatic carbocycles. The number of nitrogens with two attached hydrogens (primary N) is 1. The number of rotatable bonds is 9. The number of hydrogen-bond donors (Lipinski definition) is 2. The largest absolute Gasteiger partial charge is 0.493 e. The summed E-state index contributed by atoms with van der Waals surface area (Å²) in [5.74, 6) is 1.64. The van der Waals surface area contributed by atoms with Gasteiger partial charge in [0.2, 0.25) is 0 Å². The molecule has 0 saturated heterocycles. The monoisotopic (exact) mass is 425 g/mol. The first-order valence-corrected chi connectivity index (χ1v) is 10.9. The lowest BCUT2D eigenvalue weighted by molar-refractivity contribution is -0.675. The van der Waals surface area contributed by atoms with E-state index in [1.165, 1.54) is 16.0 Å². The van der Waals surface area contributed by atoms with E-state index in [2.05, 4.69) is 60.2 Å². The molecule has 0 bridgehead atoms. The summed E-state index contributed by atoms with van der Waals surface area (Å²) in [7, 11) is 3.16. The van der Waals surface area contributed by atoms with Crippen molar-refractivity contribution in [1.82, 2.24) is 0 Å². The highest BCUT2D eigenvalue weighted by Gasteiger charge is 2.20. The van der Waals surface area contributed by atoms with E-state index in [0.29, 0.717) is 29.6 Å². The van der Waals surface area contributed by atoms with Crippen molar-refractivity contribution in [1.29, 1.82) is 0 Å². The second kappa shape index (κ2) is 10.3. The molecule has 0 aliphatic heterocycles. The minimum absolute atomic E-state index is 0.0671. The highest BCUT2D eigenvalue weighted by Crippen LogP contribution is 2.29. The Balaban J connectivity index is 1.69. The summed E-state index contributed by atoms with van der Waals surface area (Å²) < 4.78 is 10.6. The van der Waals surface area contributed by atoms with Gasteiger partial charge in [0.1, 0.15) is 6.04 Å². The standard InChI is InChI=1S/C24H28N2O3S/c1-16(2)17-7-9-18(10-8-17)24(22-6-5-13-30-22)25-15-23(27)26-19-11-12-20(28-3)21(14-19)29-4/h5-14,16,24-25H,15H2,1-4H3,(H,26,27)/p+1/t24-/m1/s1. The van der Waals surface area contributed by atoms with Crippen LogP contribution in [0.3, 0.4) is 0 Å². The number of amides is 1. The molecule has 5 nitrogen and oxygen atoms in total. The molecular formula is C24H29N2O3S+. The van der Waals surface area contributed by atoms with Crippen LogP contribution in [0.15, 0.2) is 60.0 Å². The molecule has 1 heterocycles. The third-order valence-corrected chi connectivity index (χ3v) is 5.97. The molecule has 3 N–H and O–H groups in total. The molecule has 0 fully saturated rings. The summed E-state index contributed by atoms with van der Waals surface area (Å²) in [6.07, 6.45) is 0. The Morgan fingerprint density at radius 3 is 2.30 bits per heavy atom. The molecule has 30 heavy (non-hydrogen) atoms. The van der Waals surface area contributed by atoms with Crippen molar-refractivity contribution in [3.8, 4) is 11.5 Å². The van der Waals surface area contributed by atoms with Crippen molar-refractivity contribution in [3.63, 3.8) is 0 Å². The Hall–Kier alpha value is -2.83. The first-order chi connectivity index (χ1) is 14.5. The third-order valence-electron chi connectivity index (χ3n) is 5.02. The maximum atomic E-state index is 12.6. The minimum Gasteiger partial charge on any atom is -0.493 e. The number of ether oxygens (including phenoxy) is 2. The van der Waals surface area contributed by atoms with Crippen LogP contribution in [0.1, 0.15) is 41.8 Å². The van der Waals surface area contributed by atoms with E-state index in [1.807, 2.05) is 6.07 Å². The van der Waals surface area contributed by atoms with E-state index < -0.39 is 0 Å². The lowest BCUT2D eigenvalue weighted by Gasteiger charge is -2.16. The molecule has 6 heteroatoms. The summed E-state index contributed by atoms with van der Waals surface area (Å²) in [6, 6.07) is 18.3. The molecule has 1 atom stereocenters. The Morgan fingerprint density at radius 1 is 1.00 bits per heavy atom. The number of thiophene rings is 1. The normalized spacial score (nSPS) is 11.9. The molecule has 158 valence electrons. The Labute approximate surface area is 182 Å². The zero-order valence-electron chi connectivity index (χ0n) is 17.8. The van der Waals surface area contributed by atoms with Gasteiger partial charge in [0.05, 0.1) is 19.1 Å². The fourth-order valence-electron chi connectivity index (χ4n) is 3.32. The molecule has 0 spiro atoms. The number of quaternary nitrogens is 1. The lowest BCUT2D eigenvalue weighted by atomic mass is 9.98. The number of anilines is 1. The van der Waals surface area contributed by atoms with Gasteiger partial charge in [0, 0.05) is 17.3 Å². The summed E-state index contributed by atoms with van der Waals surface area (Å²) in [6.45, 7) is 4.69. The van der Waals surface area contributed by atoms with Gasteiger partial charge in [0.15, 0.2) is 18.0 Å². The second-order valence-corrected chi connectivity index (χ2v) is 8.35. The molecule has 1 aromatic heterocycles. The van der Waals surface area contributed by atoms with E-state index in [0.717, 1.165) is 0 Å². The maximum Gasteiger partial charge on any atom is 0.279 e. The number of benzene rings is 2. The van der Waals surface area contributed by atoms with Gasteiger partial charge in [-0.25, -0.2) is 0 Å². The van der Waals surface area contributed by atoms with Crippen LogP contribution < -0.4 is 20.1 Å². The molecule has 1 amide bonds. The van der Waals surface area contributed by atoms with Gasteiger partial charge in [-0.3, -0.25) is 4.79 Å². The van der Waals surface area contributed by atoms with Gasteiger partial charge >= 0.3 is 0 Å². The van der Waals surface area contributed by atoms with E-state index >= 15 is 0 Å². The molecule has 3 aromatic rings. The second-order valence-electron chi connectivity index (χ2n) is 7.37. The van der Waals surface area contributed by atoms with Crippen LogP contribution >= 0.6 is 11.3 Å². The fourth-order valence-corrected chi connectivity index (χ4v) is 4.17. The van der Waals surface area contributed by atoms with Crippen LogP contribution in [0.2, 0.25) is 0 Å². The molecule has 0 saturated carbocycles. The Kier molecular flexibility index (Phi) is 7.49. The van der Waals surface area contributed by atoms with Gasteiger partial charge in [-0.1, -0.05) is 44.2 Å². The van der Waals surface area contributed by atoms with Gasteiger partial charge in [-0.05, 0) is 35.1 Å². The summed E-state index contributed by atoms with van der Waals surface area (Å²) in [5, 5.41) is 7.09. The molecular weight excluding hydrogens is 396 g/mol. The first kappa shape index (κ1) is 21.9. The summed E-state index contributed by atoms with van der Waals surface area (Å²) >= 11 is 1.71. The zero-order valence-corrected chi connectivity index (χ0v) is 18.7. The lowest BCUT2D eigenvalue weighted by Crippen LogP contribution is -2.87. The number of nitrogens with one attached hydrogen (secondary N) is 1. The van der Waals surface area contributed by atoms with Crippen molar-refractivity contribution < 1.29 is 19.6 Å². The van der Waals surface area contributed by atoms with Gasteiger partial charge in [-0.15, -0.1) is 11.3 Å². The number of methoxy groups -OCH3 is 2. The summed E-state index contributed by atoms with van der Waals surface area (Å²) in [4.78, 5) is 13.8. The highest BCUT2D eigenvalue weighted by atomic mass is 32.1. The van der Waals surface area contributed by atoms with Crippen LogP contribution in [0.25, 0.3) is 0 Å². The minimum atomic E-state index is -0.0671. The van der Waals surface area contributed by atoms with Crippen LogP contribution in [-0.4, -0.2) is 26.7 Å². The van der Waals surface area contributed by atoms with Crippen molar-refractivity contribution >= 4 is 22.9 Å². The van der Waals surface area contributed by atoms with Gasteiger partial charge in [0.25, 0.3) is 5.91 Å². The SMILES string of the molecule is COc1ccc(NC(=O)C[NH2+][C@H](c2ccc(C(C)C)cc2)c2cccs2)cc1OC. The topological polar surface area (TPSA) is 64.2 Å². The van der Waals surface area contributed by atoms with Crippen LogP contribution in [0, 0.1) is 0 Å². The molecule has 0 unspecified atom stereocenters. The van der Waals surface area contributed by atoms with E-state index in [1.54, 1.807) is 43.8 Å². The van der Waals surface area contributed by atoms with Gasteiger partial charge in [-0.2, -0.15) is 0 Å². The van der Waals surface area contributed by atoms with E-state index in [4.69, 9.17) is 9.47 Å². The maximum absolute atomic E-state index is 12.6. The summed E-state index contributed by atoms with van der Waals surface area (Å²) in [5.41, 5.74) is 3.19. The smallest absolute Gasteiger partial charge is 0.279 e. The number of carbonyl (C=O) groups excluding carboxylic acids is 1.